The summed E-state index contributed by atoms with van der Waals surface area (Å²) in [6, 6.07) is 4.06. The van der Waals surface area contributed by atoms with Crippen LogP contribution in [0.2, 0.25) is 0 Å². The SMILES string of the molecule is CN(CCC(=O)O)S(=O)(=O)c1ccc(C#N)o1. The number of hydrogen-bond donors (Lipinski definition) is 1. The van der Waals surface area contributed by atoms with Crippen molar-refractivity contribution < 1.29 is 22.7 Å². The molecular formula is C9H10N2O5S. The normalized spacial score (nSPS) is 11.4. The molecule has 0 radical (unpaired) electrons. The molecule has 1 N–H and O–H groups in total. The predicted molar refractivity (Wildman–Crippen MR) is 55.5 cm³/mol. The molecule has 1 rings (SSSR count). The van der Waals surface area contributed by atoms with Gasteiger partial charge in [0.05, 0.1) is 6.42 Å². The summed E-state index contributed by atoms with van der Waals surface area (Å²) in [6.07, 6.45) is -0.304. The van der Waals surface area contributed by atoms with Crippen molar-refractivity contribution in [1.82, 2.24) is 4.31 Å². The number of nitriles is 1. The molecule has 0 aliphatic heterocycles. The number of rotatable bonds is 5. The Morgan fingerprint density at radius 1 is 1.59 bits per heavy atom. The maximum Gasteiger partial charge on any atom is 0.304 e. The maximum absolute atomic E-state index is 11.8. The molecule has 1 aromatic heterocycles. The van der Waals surface area contributed by atoms with Gasteiger partial charge < -0.3 is 9.52 Å². The van der Waals surface area contributed by atoms with E-state index < -0.39 is 16.0 Å². The van der Waals surface area contributed by atoms with E-state index in [0.29, 0.717) is 0 Å². The second-order valence-electron chi connectivity index (χ2n) is 3.20. The lowest BCUT2D eigenvalue weighted by Gasteiger charge is -2.13. The molecule has 0 aliphatic carbocycles. The van der Waals surface area contributed by atoms with E-state index in [1.54, 1.807) is 6.07 Å². The largest absolute Gasteiger partial charge is 0.481 e. The molecule has 1 heterocycles. The fourth-order valence-corrected chi connectivity index (χ4v) is 2.12. The zero-order valence-corrected chi connectivity index (χ0v) is 9.77. The van der Waals surface area contributed by atoms with Crippen LogP contribution in [0.1, 0.15) is 12.2 Å². The lowest BCUT2D eigenvalue weighted by molar-refractivity contribution is -0.137. The minimum absolute atomic E-state index is 0.116. The highest BCUT2D eigenvalue weighted by molar-refractivity contribution is 7.89. The third-order valence-corrected chi connectivity index (χ3v) is 3.73. The van der Waals surface area contributed by atoms with Crippen molar-refractivity contribution in [2.75, 3.05) is 13.6 Å². The van der Waals surface area contributed by atoms with E-state index in [9.17, 15) is 13.2 Å². The fourth-order valence-electron chi connectivity index (χ4n) is 1.05. The highest BCUT2D eigenvalue weighted by Crippen LogP contribution is 2.17. The first kappa shape index (κ1) is 13.2. The van der Waals surface area contributed by atoms with Gasteiger partial charge in [0.1, 0.15) is 6.07 Å². The molecular weight excluding hydrogens is 248 g/mol. The van der Waals surface area contributed by atoms with E-state index >= 15 is 0 Å². The Morgan fingerprint density at radius 3 is 2.71 bits per heavy atom. The molecule has 92 valence electrons. The lowest BCUT2D eigenvalue weighted by Crippen LogP contribution is -2.28. The van der Waals surface area contributed by atoms with Crippen LogP contribution >= 0.6 is 0 Å². The molecule has 0 saturated carbocycles. The molecule has 7 nitrogen and oxygen atoms in total. The van der Waals surface area contributed by atoms with E-state index in [2.05, 4.69) is 0 Å². The molecule has 0 spiro atoms. The first-order valence-corrected chi connectivity index (χ1v) is 6.00. The van der Waals surface area contributed by atoms with E-state index in [4.69, 9.17) is 14.8 Å². The van der Waals surface area contributed by atoms with Crippen LogP contribution in [0.4, 0.5) is 0 Å². The van der Waals surface area contributed by atoms with Gasteiger partial charge in [-0.05, 0) is 12.1 Å². The van der Waals surface area contributed by atoms with Crippen molar-refractivity contribution in [2.24, 2.45) is 0 Å². The number of carboxylic acid groups (broad SMARTS) is 1. The minimum Gasteiger partial charge on any atom is -0.481 e. The molecule has 1 aromatic rings. The van der Waals surface area contributed by atoms with E-state index in [0.717, 1.165) is 10.4 Å². The van der Waals surface area contributed by atoms with Gasteiger partial charge in [0, 0.05) is 13.6 Å². The number of aliphatic carboxylic acids is 1. The maximum atomic E-state index is 11.8. The first-order chi connectivity index (χ1) is 7.87. The monoisotopic (exact) mass is 258 g/mol. The van der Waals surface area contributed by atoms with Crippen LogP contribution < -0.4 is 0 Å². The van der Waals surface area contributed by atoms with Crippen molar-refractivity contribution in [2.45, 2.75) is 11.5 Å². The quantitative estimate of drug-likeness (QED) is 0.810. The number of hydrogen-bond acceptors (Lipinski definition) is 5. The van der Waals surface area contributed by atoms with Crippen molar-refractivity contribution >= 4 is 16.0 Å². The average molecular weight is 258 g/mol. The van der Waals surface area contributed by atoms with Gasteiger partial charge >= 0.3 is 5.97 Å². The highest BCUT2D eigenvalue weighted by Gasteiger charge is 2.24. The van der Waals surface area contributed by atoms with Gasteiger partial charge in [-0.25, -0.2) is 8.42 Å². The predicted octanol–water partition coefficient (Wildman–Crippen LogP) is 0.246. The smallest absolute Gasteiger partial charge is 0.304 e. The summed E-state index contributed by atoms with van der Waals surface area (Å²) in [7, 11) is -2.63. The van der Waals surface area contributed by atoms with Crippen LogP contribution in [-0.4, -0.2) is 37.4 Å². The van der Waals surface area contributed by atoms with Crippen LogP contribution in [-0.2, 0) is 14.8 Å². The van der Waals surface area contributed by atoms with Crippen LogP contribution in [0.3, 0.4) is 0 Å². The molecule has 0 bridgehead atoms. The summed E-state index contributed by atoms with van der Waals surface area (Å²) in [4.78, 5) is 10.3. The van der Waals surface area contributed by atoms with E-state index in [1.165, 1.54) is 13.1 Å². The van der Waals surface area contributed by atoms with Crippen molar-refractivity contribution in [3.05, 3.63) is 17.9 Å². The van der Waals surface area contributed by atoms with Gasteiger partial charge in [0.2, 0.25) is 10.9 Å². The summed E-state index contributed by atoms with van der Waals surface area (Å²) in [5, 5.41) is 16.6. The molecule has 0 aliphatic rings. The summed E-state index contributed by atoms with van der Waals surface area (Å²) in [6.45, 7) is -0.166. The van der Waals surface area contributed by atoms with Gasteiger partial charge in [-0.15, -0.1) is 0 Å². The summed E-state index contributed by atoms with van der Waals surface area (Å²) in [5.74, 6) is -1.21. The topological polar surface area (TPSA) is 112 Å². The standard InChI is InChI=1S/C9H10N2O5S/c1-11(5-4-8(12)13)17(14,15)9-3-2-7(6-10)16-9/h2-3H,4-5H2,1H3,(H,12,13). The summed E-state index contributed by atoms with van der Waals surface area (Å²) < 4.78 is 29.3. The highest BCUT2D eigenvalue weighted by atomic mass is 32.2. The second kappa shape index (κ2) is 4.99. The fraction of sp³-hybridized carbons (Fsp3) is 0.333. The molecule has 0 aromatic carbocycles. The van der Waals surface area contributed by atoms with Gasteiger partial charge in [-0.3, -0.25) is 4.79 Å². The molecule has 8 heteroatoms. The van der Waals surface area contributed by atoms with Gasteiger partial charge in [0.15, 0.2) is 0 Å². The number of carboxylic acids is 1. The van der Waals surface area contributed by atoms with Crippen molar-refractivity contribution in [3.63, 3.8) is 0 Å². The molecule has 0 saturated heterocycles. The van der Waals surface area contributed by atoms with Gasteiger partial charge in [0.25, 0.3) is 10.0 Å². The number of furan rings is 1. The summed E-state index contributed by atoms with van der Waals surface area (Å²) in [5.41, 5.74) is 0. The Labute approximate surface area is 97.9 Å². The molecule has 0 atom stereocenters. The van der Waals surface area contributed by atoms with Gasteiger partial charge in [-0.2, -0.15) is 9.57 Å². The van der Waals surface area contributed by atoms with E-state index in [1.807, 2.05) is 0 Å². The van der Waals surface area contributed by atoms with Crippen molar-refractivity contribution in [1.29, 1.82) is 5.26 Å². The Hall–Kier alpha value is -1.85. The second-order valence-corrected chi connectivity index (χ2v) is 5.18. The molecule has 0 amide bonds. The average Bonchev–Trinajstić information content (AvgIpc) is 2.74. The zero-order chi connectivity index (χ0) is 13.1. The first-order valence-electron chi connectivity index (χ1n) is 4.56. The zero-order valence-electron chi connectivity index (χ0n) is 8.95. The number of sulfonamides is 1. The van der Waals surface area contributed by atoms with Crippen LogP contribution in [0.5, 0.6) is 0 Å². The lowest BCUT2D eigenvalue weighted by atomic mass is 10.4. The Kier molecular flexibility index (Phi) is 3.88. The Bertz CT molecular complexity index is 554. The Balaban J connectivity index is 2.88. The number of carbonyl (C=O) groups is 1. The molecule has 17 heavy (non-hydrogen) atoms. The third kappa shape index (κ3) is 3.05. The van der Waals surface area contributed by atoms with E-state index in [-0.39, 0.29) is 23.8 Å². The summed E-state index contributed by atoms with van der Waals surface area (Å²) >= 11 is 0. The van der Waals surface area contributed by atoms with Crippen LogP contribution in [0.15, 0.2) is 21.6 Å². The number of nitrogens with zero attached hydrogens (tertiary/aromatic N) is 2. The van der Waals surface area contributed by atoms with Crippen LogP contribution in [0.25, 0.3) is 0 Å². The third-order valence-electron chi connectivity index (χ3n) is 2.00. The van der Waals surface area contributed by atoms with Gasteiger partial charge in [-0.1, -0.05) is 0 Å². The van der Waals surface area contributed by atoms with Crippen LogP contribution in [0, 0.1) is 11.3 Å². The van der Waals surface area contributed by atoms with Crippen molar-refractivity contribution in [3.8, 4) is 6.07 Å². The molecule has 0 unspecified atom stereocenters. The minimum atomic E-state index is -3.87. The molecule has 0 fully saturated rings. The Morgan fingerprint density at radius 2 is 2.24 bits per heavy atom.